The van der Waals surface area contributed by atoms with Gasteiger partial charge in [0.1, 0.15) is 10.1 Å². The monoisotopic (exact) mass is 480 g/mol. The van der Waals surface area contributed by atoms with Crippen molar-refractivity contribution in [2.75, 3.05) is 19.8 Å². The van der Waals surface area contributed by atoms with Crippen LogP contribution in [0.2, 0.25) is 0 Å². The van der Waals surface area contributed by atoms with Gasteiger partial charge < -0.3 is 18.8 Å². The Labute approximate surface area is 217 Å². The third-order valence-corrected chi connectivity index (χ3v) is 5.85. The molecule has 0 radical (unpaired) electrons. The van der Waals surface area contributed by atoms with Crippen LogP contribution in [0.1, 0.15) is 97.8 Å². The van der Waals surface area contributed by atoms with Crippen LogP contribution in [0.5, 0.6) is 17.2 Å². The summed E-state index contributed by atoms with van der Waals surface area (Å²) in [7, 11) is -4.64. The number of hydrogen-bond donors (Lipinski definition) is 0. The molecular formula is C24H41NaO6S. The van der Waals surface area contributed by atoms with Crippen molar-refractivity contribution in [2.24, 2.45) is 0 Å². The van der Waals surface area contributed by atoms with Gasteiger partial charge in [-0.2, -0.15) is 0 Å². The molecule has 1 rings (SSSR count). The maximum absolute atomic E-state index is 11.7. The zero-order valence-electron chi connectivity index (χ0n) is 20.6. The van der Waals surface area contributed by atoms with Crippen molar-refractivity contribution < 1.29 is 56.7 Å². The normalized spacial score (nSPS) is 11.1. The molecular weight excluding hydrogens is 439 g/mol. The Morgan fingerprint density at radius 3 is 1.38 bits per heavy atom. The van der Waals surface area contributed by atoms with E-state index in [4.69, 9.17) is 14.2 Å². The van der Waals surface area contributed by atoms with Crippen molar-refractivity contribution in [1.29, 1.82) is 0 Å². The molecule has 0 saturated carbocycles. The van der Waals surface area contributed by atoms with Crippen molar-refractivity contribution in [3.63, 3.8) is 0 Å². The van der Waals surface area contributed by atoms with Gasteiger partial charge in [0.2, 0.25) is 5.75 Å². The number of benzene rings is 1. The molecule has 0 unspecified atom stereocenters. The molecule has 0 saturated heterocycles. The maximum atomic E-state index is 11.7. The molecule has 0 fully saturated rings. The molecule has 8 heteroatoms. The van der Waals surface area contributed by atoms with E-state index in [1.807, 2.05) is 0 Å². The second kappa shape index (κ2) is 18.9. The fourth-order valence-corrected chi connectivity index (χ4v) is 3.68. The summed E-state index contributed by atoms with van der Waals surface area (Å²) in [5, 5.41) is 0. The summed E-state index contributed by atoms with van der Waals surface area (Å²) in [5.41, 5.74) is 0. The standard InChI is InChI=1S/C24H42O6S.Na/c1-4-7-10-13-16-28-22-19-21(31(25,26)27)20-23(29-17-14-11-8-5-2)24(22)30-18-15-12-9-6-3;/h19-20H,4-18H2,1-3H3,(H,25,26,27);/q;+1/p-1. The van der Waals surface area contributed by atoms with Crippen molar-refractivity contribution >= 4 is 10.1 Å². The molecule has 180 valence electrons. The quantitative estimate of drug-likeness (QED) is 0.171. The van der Waals surface area contributed by atoms with Gasteiger partial charge in [0.25, 0.3) is 0 Å². The van der Waals surface area contributed by atoms with Gasteiger partial charge in [-0.05, 0) is 19.3 Å². The van der Waals surface area contributed by atoms with E-state index in [-0.39, 0.29) is 46.0 Å². The molecule has 0 aliphatic heterocycles. The van der Waals surface area contributed by atoms with Crippen LogP contribution in [-0.2, 0) is 10.1 Å². The first kappa shape index (κ1) is 31.5. The van der Waals surface area contributed by atoms with E-state index in [2.05, 4.69) is 20.8 Å². The minimum absolute atomic E-state index is 0. The van der Waals surface area contributed by atoms with Gasteiger partial charge in [0.05, 0.1) is 24.7 Å². The summed E-state index contributed by atoms with van der Waals surface area (Å²) in [6, 6.07) is 2.54. The summed E-state index contributed by atoms with van der Waals surface area (Å²) in [6.07, 6.45) is 12.5. The molecule has 0 aliphatic carbocycles. The summed E-state index contributed by atoms with van der Waals surface area (Å²) >= 11 is 0. The fourth-order valence-electron chi connectivity index (χ4n) is 3.18. The average molecular weight is 481 g/mol. The number of ether oxygens (including phenoxy) is 3. The first-order valence-corrected chi connectivity index (χ1v) is 13.4. The van der Waals surface area contributed by atoms with Gasteiger partial charge in [-0.3, -0.25) is 0 Å². The Bertz CT molecular complexity index is 673. The summed E-state index contributed by atoms with van der Waals surface area (Å²) in [5.74, 6) is 0.940. The van der Waals surface area contributed by atoms with E-state index < -0.39 is 10.1 Å². The van der Waals surface area contributed by atoms with Crippen LogP contribution >= 0.6 is 0 Å². The Morgan fingerprint density at radius 1 is 0.656 bits per heavy atom. The van der Waals surface area contributed by atoms with Gasteiger partial charge >= 0.3 is 29.6 Å². The predicted molar refractivity (Wildman–Crippen MR) is 123 cm³/mol. The Kier molecular flexibility index (Phi) is 18.6. The fraction of sp³-hybridized carbons (Fsp3) is 0.750. The Morgan fingerprint density at radius 2 is 1.03 bits per heavy atom. The first-order chi connectivity index (χ1) is 14.9. The van der Waals surface area contributed by atoms with E-state index in [9.17, 15) is 13.0 Å². The molecule has 1 aromatic rings. The molecule has 0 spiro atoms. The minimum atomic E-state index is -4.64. The molecule has 0 aliphatic rings. The average Bonchev–Trinajstić information content (AvgIpc) is 2.73. The van der Waals surface area contributed by atoms with Crippen molar-refractivity contribution in [3.05, 3.63) is 12.1 Å². The zero-order chi connectivity index (χ0) is 23.0. The summed E-state index contributed by atoms with van der Waals surface area (Å²) in [4.78, 5) is -0.349. The zero-order valence-corrected chi connectivity index (χ0v) is 23.4. The van der Waals surface area contributed by atoms with Gasteiger partial charge in [-0.25, -0.2) is 8.42 Å². The number of unbranched alkanes of at least 4 members (excludes halogenated alkanes) is 9. The smallest absolute Gasteiger partial charge is 0.744 e. The third-order valence-electron chi connectivity index (χ3n) is 5.04. The molecule has 0 bridgehead atoms. The van der Waals surface area contributed by atoms with Gasteiger partial charge in [0, 0.05) is 12.1 Å². The van der Waals surface area contributed by atoms with E-state index in [1.165, 1.54) is 12.1 Å². The summed E-state index contributed by atoms with van der Waals surface area (Å²) in [6.45, 7) is 7.78. The Balaban J connectivity index is 0.00000961. The van der Waals surface area contributed by atoms with Crippen LogP contribution in [0.15, 0.2) is 17.0 Å². The van der Waals surface area contributed by atoms with E-state index in [0.717, 1.165) is 77.0 Å². The van der Waals surface area contributed by atoms with Crippen LogP contribution in [-0.4, -0.2) is 32.8 Å². The van der Waals surface area contributed by atoms with E-state index >= 15 is 0 Å². The van der Waals surface area contributed by atoms with Crippen molar-refractivity contribution in [1.82, 2.24) is 0 Å². The topological polar surface area (TPSA) is 84.9 Å². The molecule has 0 N–H and O–H groups in total. The second-order valence-electron chi connectivity index (χ2n) is 7.93. The minimum Gasteiger partial charge on any atom is -0.744 e. The Hall–Kier alpha value is -0.470. The molecule has 0 amide bonds. The molecule has 6 nitrogen and oxygen atoms in total. The van der Waals surface area contributed by atoms with Gasteiger partial charge in [0.15, 0.2) is 11.5 Å². The summed E-state index contributed by atoms with van der Waals surface area (Å²) < 4.78 is 52.9. The first-order valence-electron chi connectivity index (χ1n) is 12.0. The van der Waals surface area contributed by atoms with Crippen molar-refractivity contribution in [2.45, 2.75) is 103 Å². The van der Waals surface area contributed by atoms with E-state index in [1.54, 1.807) is 0 Å². The number of hydrogen-bond acceptors (Lipinski definition) is 6. The van der Waals surface area contributed by atoms with Crippen LogP contribution in [0.3, 0.4) is 0 Å². The third kappa shape index (κ3) is 13.3. The molecule has 32 heavy (non-hydrogen) atoms. The predicted octanol–water partition coefficient (Wildman–Crippen LogP) is 3.47. The van der Waals surface area contributed by atoms with Crippen LogP contribution in [0.25, 0.3) is 0 Å². The maximum Gasteiger partial charge on any atom is 1.00 e. The van der Waals surface area contributed by atoms with Gasteiger partial charge in [-0.15, -0.1) is 0 Å². The van der Waals surface area contributed by atoms with Crippen molar-refractivity contribution in [3.8, 4) is 17.2 Å². The molecule has 1 aromatic carbocycles. The number of rotatable bonds is 19. The van der Waals surface area contributed by atoms with Gasteiger partial charge in [-0.1, -0.05) is 78.6 Å². The SMILES string of the molecule is CCCCCCOc1cc(S(=O)(=O)[O-])cc(OCCCCCC)c1OCCCCCC.[Na+]. The largest absolute Gasteiger partial charge is 1.00 e. The second-order valence-corrected chi connectivity index (χ2v) is 9.31. The van der Waals surface area contributed by atoms with Crippen LogP contribution in [0.4, 0.5) is 0 Å². The van der Waals surface area contributed by atoms with E-state index in [0.29, 0.717) is 25.6 Å². The molecule has 0 atom stereocenters. The van der Waals surface area contributed by atoms with Crippen LogP contribution in [0, 0.1) is 0 Å². The van der Waals surface area contributed by atoms with Crippen LogP contribution < -0.4 is 43.8 Å². The molecule has 0 aromatic heterocycles. The molecule has 0 heterocycles.